The number of hydrogen-bond donors (Lipinski definition) is 0. The molecule has 1 heterocycles. The molecule has 0 bridgehead atoms. The summed E-state index contributed by atoms with van der Waals surface area (Å²) in [5.41, 5.74) is 0.889. The largest absolute Gasteiger partial charge is 0.397 e. The van der Waals surface area contributed by atoms with Gasteiger partial charge in [0.1, 0.15) is 6.42 Å². The van der Waals surface area contributed by atoms with Gasteiger partial charge in [0.2, 0.25) is 11.8 Å². The highest BCUT2D eigenvalue weighted by molar-refractivity contribution is 5.92. The van der Waals surface area contributed by atoms with E-state index in [1.165, 1.54) is 11.0 Å². The van der Waals surface area contributed by atoms with Gasteiger partial charge in [0.25, 0.3) is 0 Å². The van der Waals surface area contributed by atoms with E-state index in [4.69, 9.17) is 0 Å². The number of hydrogen-bond acceptors (Lipinski definition) is 2. The molecule has 4 nitrogen and oxygen atoms in total. The topological polar surface area (TPSA) is 40.6 Å². The van der Waals surface area contributed by atoms with Crippen LogP contribution < -0.4 is 0 Å². The monoisotopic (exact) mass is 326 g/mol. The Labute approximate surface area is 132 Å². The number of halogens is 3. The maximum absolute atomic E-state index is 12.2. The summed E-state index contributed by atoms with van der Waals surface area (Å²) in [4.78, 5) is 26.2. The second-order valence-electron chi connectivity index (χ2n) is 5.24. The number of carbonyl (C=O) groups excluding carboxylic acids is 2. The van der Waals surface area contributed by atoms with Crippen molar-refractivity contribution in [2.45, 2.75) is 12.6 Å². The van der Waals surface area contributed by atoms with E-state index in [-0.39, 0.29) is 32.1 Å². The van der Waals surface area contributed by atoms with E-state index in [1.807, 2.05) is 30.3 Å². The molecular weight excluding hydrogens is 309 g/mol. The van der Waals surface area contributed by atoms with Crippen LogP contribution in [0.4, 0.5) is 13.2 Å². The number of rotatable bonds is 3. The quantitative estimate of drug-likeness (QED) is 0.800. The van der Waals surface area contributed by atoms with Crippen LogP contribution >= 0.6 is 0 Å². The smallest absolute Gasteiger partial charge is 0.339 e. The maximum atomic E-state index is 12.2. The molecule has 0 aliphatic carbocycles. The van der Waals surface area contributed by atoms with Crippen LogP contribution in [0.25, 0.3) is 6.08 Å². The zero-order chi connectivity index (χ0) is 16.9. The van der Waals surface area contributed by atoms with Gasteiger partial charge in [0, 0.05) is 32.3 Å². The minimum atomic E-state index is -4.50. The third-order valence-electron chi connectivity index (χ3n) is 3.51. The van der Waals surface area contributed by atoms with Crippen LogP contribution in [-0.2, 0) is 9.59 Å². The van der Waals surface area contributed by atoms with Gasteiger partial charge in [-0.25, -0.2) is 0 Å². The van der Waals surface area contributed by atoms with Gasteiger partial charge in [-0.2, -0.15) is 13.2 Å². The minimum Gasteiger partial charge on any atom is -0.339 e. The van der Waals surface area contributed by atoms with Gasteiger partial charge < -0.3 is 9.80 Å². The average molecular weight is 326 g/mol. The Hall–Kier alpha value is -2.31. The van der Waals surface area contributed by atoms with Gasteiger partial charge in [0.05, 0.1) is 0 Å². The van der Waals surface area contributed by atoms with Crippen molar-refractivity contribution in [3.63, 3.8) is 0 Å². The molecule has 0 atom stereocenters. The van der Waals surface area contributed by atoms with Crippen LogP contribution in [0.15, 0.2) is 36.4 Å². The van der Waals surface area contributed by atoms with Gasteiger partial charge in [-0.3, -0.25) is 9.59 Å². The van der Waals surface area contributed by atoms with E-state index < -0.39 is 18.5 Å². The molecule has 1 fully saturated rings. The number of alkyl halides is 3. The highest BCUT2D eigenvalue weighted by Gasteiger charge is 2.34. The maximum Gasteiger partial charge on any atom is 0.397 e. The molecule has 1 aromatic carbocycles. The summed E-state index contributed by atoms with van der Waals surface area (Å²) in [5.74, 6) is -1.15. The fourth-order valence-corrected chi connectivity index (χ4v) is 2.30. The van der Waals surface area contributed by atoms with Crippen molar-refractivity contribution >= 4 is 17.9 Å². The van der Waals surface area contributed by atoms with Gasteiger partial charge in [0.15, 0.2) is 0 Å². The number of carbonyl (C=O) groups is 2. The first kappa shape index (κ1) is 17.1. The zero-order valence-corrected chi connectivity index (χ0v) is 12.4. The molecule has 0 unspecified atom stereocenters. The Morgan fingerprint density at radius 3 is 2.13 bits per heavy atom. The van der Waals surface area contributed by atoms with E-state index in [2.05, 4.69) is 0 Å². The summed E-state index contributed by atoms with van der Waals surface area (Å²) in [5, 5.41) is 0. The first-order chi connectivity index (χ1) is 10.8. The van der Waals surface area contributed by atoms with E-state index >= 15 is 0 Å². The van der Waals surface area contributed by atoms with Crippen LogP contribution in [-0.4, -0.2) is 54.0 Å². The predicted octanol–water partition coefficient (Wildman–Crippen LogP) is 2.32. The molecule has 0 N–H and O–H groups in total. The third-order valence-corrected chi connectivity index (χ3v) is 3.51. The summed E-state index contributed by atoms with van der Waals surface area (Å²) < 4.78 is 36.6. The summed E-state index contributed by atoms with van der Waals surface area (Å²) in [6, 6.07) is 9.30. The normalized spacial score (nSPS) is 16.0. The molecule has 1 saturated heterocycles. The van der Waals surface area contributed by atoms with Crippen molar-refractivity contribution in [3.05, 3.63) is 42.0 Å². The Morgan fingerprint density at radius 1 is 1.00 bits per heavy atom. The van der Waals surface area contributed by atoms with Crippen molar-refractivity contribution in [1.82, 2.24) is 9.80 Å². The lowest BCUT2D eigenvalue weighted by atomic mass is 10.2. The van der Waals surface area contributed by atoms with Gasteiger partial charge in [-0.05, 0) is 11.6 Å². The number of nitrogens with zero attached hydrogens (tertiary/aromatic N) is 2. The lowest BCUT2D eigenvalue weighted by Gasteiger charge is -2.34. The van der Waals surface area contributed by atoms with Crippen molar-refractivity contribution in [1.29, 1.82) is 0 Å². The molecule has 2 amide bonds. The SMILES string of the molecule is O=C(/C=C/c1ccccc1)N1CCN(C(=O)CC(F)(F)F)CC1. The zero-order valence-electron chi connectivity index (χ0n) is 12.4. The molecule has 1 aliphatic rings. The van der Waals surface area contributed by atoms with Crippen LogP contribution in [0.2, 0.25) is 0 Å². The fourth-order valence-electron chi connectivity index (χ4n) is 2.30. The van der Waals surface area contributed by atoms with Crippen LogP contribution in [0.1, 0.15) is 12.0 Å². The first-order valence-corrected chi connectivity index (χ1v) is 7.22. The van der Waals surface area contributed by atoms with E-state index in [9.17, 15) is 22.8 Å². The summed E-state index contributed by atoms with van der Waals surface area (Å²) in [7, 11) is 0. The molecular formula is C16H17F3N2O2. The summed E-state index contributed by atoms with van der Waals surface area (Å²) in [6.45, 7) is 0.725. The molecule has 0 radical (unpaired) electrons. The van der Waals surface area contributed by atoms with Crippen LogP contribution in [0.3, 0.4) is 0 Å². The fraction of sp³-hybridized carbons (Fsp3) is 0.375. The van der Waals surface area contributed by atoms with Crippen molar-refractivity contribution in [3.8, 4) is 0 Å². The Kier molecular flexibility index (Phi) is 5.41. The number of piperazine rings is 1. The highest BCUT2D eigenvalue weighted by atomic mass is 19.4. The standard InChI is InChI=1S/C16H17F3N2O2/c17-16(18,19)12-15(23)21-10-8-20(9-11-21)14(22)7-6-13-4-2-1-3-5-13/h1-7H,8-12H2/b7-6+. The van der Waals surface area contributed by atoms with E-state index in [0.717, 1.165) is 10.5 Å². The highest BCUT2D eigenvalue weighted by Crippen LogP contribution is 2.21. The molecule has 1 aromatic rings. The van der Waals surface area contributed by atoms with Gasteiger partial charge in [-0.15, -0.1) is 0 Å². The van der Waals surface area contributed by atoms with E-state index in [0.29, 0.717) is 0 Å². The number of benzene rings is 1. The lowest BCUT2D eigenvalue weighted by Crippen LogP contribution is -2.50. The first-order valence-electron chi connectivity index (χ1n) is 7.22. The molecule has 0 saturated carbocycles. The summed E-state index contributed by atoms with van der Waals surface area (Å²) >= 11 is 0. The van der Waals surface area contributed by atoms with Crippen molar-refractivity contribution in [2.75, 3.05) is 26.2 Å². The summed E-state index contributed by atoms with van der Waals surface area (Å²) in [6.07, 6.45) is -2.83. The molecule has 0 aromatic heterocycles. The third kappa shape index (κ3) is 5.43. The average Bonchev–Trinajstić information content (AvgIpc) is 2.52. The second-order valence-corrected chi connectivity index (χ2v) is 5.24. The predicted molar refractivity (Wildman–Crippen MR) is 79.3 cm³/mol. The Morgan fingerprint density at radius 2 is 1.57 bits per heavy atom. The molecule has 0 spiro atoms. The van der Waals surface area contributed by atoms with Gasteiger partial charge in [-0.1, -0.05) is 30.3 Å². The van der Waals surface area contributed by atoms with Crippen LogP contribution in [0.5, 0.6) is 0 Å². The molecule has 23 heavy (non-hydrogen) atoms. The van der Waals surface area contributed by atoms with E-state index in [1.54, 1.807) is 6.08 Å². The van der Waals surface area contributed by atoms with Crippen molar-refractivity contribution < 1.29 is 22.8 Å². The molecule has 1 aliphatic heterocycles. The molecule has 2 rings (SSSR count). The molecule has 124 valence electrons. The number of amides is 2. The molecule has 7 heteroatoms. The second kappa shape index (κ2) is 7.30. The Bertz CT molecular complexity index is 577. The van der Waals surface area contributed by atoms with Crippen molar-refractivity contribution in [2.24, 2.45) is 0 Å². The Balaban J connectivity index is 1.83. The minimum absolute atomic E-state index is 0.125. The van der Waals surface area contributed by atoms with Crippen LogP contribution in [0, 0.1) is 0 Å². The lowest BCUT2D eigenvalue weighted by molar-refractivity contribution is -0.163. The van der Waals surface area contributed by atoms with Gasteiger partial charge >= 0.3 is 6.18 Å².